The van der Waals surface area contributed by atoms with Crippen LogP contribution in [0.5, 0.6) is 0 Å². The van der Waals surface area contributed by atoms with Crippen LogP contribution in [0.1, 0.15) is 51.0 Å². The summed E-state index contributed by atoms with van der Waals surface area (Å²) >= 11 is 0. The van der Waals surface area contributed by atoms with Gasteiger partial charge in [0.15, 0.2) is 6.29 Å². The van der Waals surface area contributed by atoms with Crippen molar-refractivity contribution in [3.05, 3.63) is 29.8 Å². The number of unbranched alkanes of at least 4 members (excludes halogenated alkanes) is 2. The van der Waals surface area contributed by atoms with Gasteiger partial charge in [-0.05, 0) is 44.7 Å². The van der Waals surface area contributed by atoms with E-state index in [-0.39, 0.29) is 11.0 Å². The van der Waals surface area contributed by atoms with Crippen molar-refractivity contribution < 1.29 is 22.1 Å². The summed E-state index contributed by atoms with van der Waals surface area (Å²) in [7, 11) is -3.83. The van der Waals surface area contributed by atoms with Gasteiger partial charge in [-0.3, -0.25) is 0 Å². The van der Waals surface area contributed by atoms with Crippen LogP contribution in [0.3, 0.4) is 0 Å². The minimum atomic E-state index is -3.83. The number of ether oxygens (including phenoxy) is 2. The maximum absolute atomic E-state index is 12.5. The Morgan fingerprint density at radius 1 is 1.25 bits per heavy atom. The average molecular weight is 356 g/mol. The van der Waals surface area contributed by atoms with Gasteiger partial charge in [0.1, 0.15) is 0 Å². The molecular weight excluding hydrogens is 328 g/mol. The minimum Gasteiger partial charge on any atom is -0.379 e. The van der Waals surface area contributed by atoms with Gasteiger partial charge >= 0.3 is 0 Å². The summed E-state index contributed by atoms with van der Waals surface area (Å²) in [6.07, 6.45) is 4.47. The second-order valence-corrected chi connectivity index (χ2v) is 7.84. The highest BCUT2D eigenvalue weighted by Gasteiger charge is 2.26. The molecule has 0 aromatic heterocycles. The van der Waals surface area contributed by atoms with E-state index in [1.807, 2.05) is 6.92 Å². The Bertz CT molecular complexity index is 576. The van der Waals surface area contributed by atoms with E-state index in [0.29, 0.717) is 13.0 Å². The van der Waals surface area contributed by atoms with Gasteiger partial charge in [0.2, 0.25) is 0 Å². The van der Waals surface area contributed by atoms with Crippen LogP contribution >= 0.6 is 0 Å². The molecule has 1 aromatic carbocycles. The first-order chi connectivity index (χ1) is 11.5. The molecule has 1 heterocycles. The van der Waals surface area contributed by atoms with Crippen LogP contribution < -0.4 is 0 Å². The van der Waals surface area contributed by atoms with E-state index in [9.17, 15) is 8.42 Å². The van der Waals surface area contributed by atoms with E-state index in [2.05, 4.69) is 6.92 Å². The van der Waals surface area contributed by atoms with Crippen LogP contribution in [-0.2, 0) is 23.8 Å². The van der Waals surface area contributed by atoms with Gasteiger partial charge in [-0.1, -0.05) is 37.5 Å². The molecule has 1 aliphatic heterocycles. The van der Waals surface area contributed by atoms with Gasteiger partial charge in [0.25, 0.3) is 10.1 Å². The van der Waals surface area contributed by atoms with Gasteiger partial charge in [-0.2, -0.15) is 8.42 Å². The van der Waals surface area contributed by atoms with Crippen molar-refractivity contribution in [2.45, 2.75) is 69.7 Å². The predicted octanol–water partition coefficient (Wildman–Crippen LogP) is 3.80. The van der Waals surface area contributed by atoms with Crippen molar-refractivity contribution in [1.29, 1.82) is 0 Å². The fraction of sp³-hybridized carbons (Fsp3) is 0.667. The number of hydrogen-bond acceptors (Lipinski definition) is 5. The van der Waals surface area contributed by atoms with E-state index in [4.69, 9.17) is 13.7 Å². The van der Waals surface area contributed by atoms with Crippen LogP contribution in [0.25, 0.3) is 0 Å². The Kier molecular flexibility index (Phi) is 7.68. The van der Waals surface area contributed by atoms with E-state index in [1.165, 1.54) is 0 Å². The molecule has 1 aliphatic rings. The summed E-state index contributed by atoms with van der Waals surface area (Å²) in [6.45, 7) is 5.26. The minimum absolute atomic E-state index is 0.0985. The molecule has 136 valence electrons. The zero-order chi connectivity index (χ0) is 17.4. The standard InChI is InChI=1S/C18H28O5S/c1-3-4-5-8-18(22-16-7-6-13-21-14-16)23-24(19,20)17-11-9-15(2)10-12-17/h9-12,16,18H,3-8,13-14H2,1-2H3. The molecule has 1 saturated heterocycles. The molecule has 0 N–H and O–H groups in total. The summed E-state index contributed by atoms with van der Waals surface area (Å²) in [4.78, 5) is 0.164. The third-order valence-electron chi connectivity index (χ3n) is 4.05. The molecule has 24 heavy (non-hydrogen) atoms. The third kappa shape index (κ3) is 6.16. The van der Waals surface area contributed by atoms with E-state index in [1.54, 1.807) is 24.3 Å². The average Bonchev–Trinajstić information content (AvgIpc) is 2.56. The Hall–Kier alpha value is -0.950. The summed E-state index contributed by atoms with van der Waals surface area (Å²) in [5.41, 5.74) is 1.00. The highest BCUT2D eigenvalue weighted by atomic mass is 32.2. The van der Waals surface area contributed by atoms with Crippen LogP contribution in [0.4, 0.5) is 0 Å². The van der Waals surface area contributed by atoms with E-state index >= 15 is 0 Å². The Morgan fingerprint density at radius 2 is 2.00 bits per heavy atom. The molecule has 0 aliphatic carbocycles. The van der Waals surface area contributed by atoms with Crippen LogP contribution in [-0.4, -0.2) is 34.0 Å². The molecule has 1 aromatic rings. The zero-order valence-corrected chi connectivity index (χ0v) is 15.4. The van der Waals surface area contributed by atoms with Crippen molar-refractivity contribution >= 4 is 10.1 Å². The van der Waals surface area contributed by atoms with Gasteiger partial charge in [0, 0.05) is 6.61 Å². The second kappa shape index (κ2) is 9.51. The fourth-order valence-corrected chi connectivity index (χ4v) is 3.64. The van der Waals surface area contributed by atoms with E-state index < -0.39 is 16.4 Å². The molecule has 2 rings (SSSR count). The lowest BCUT2D eigenvalue weighted by molar-refractivity contribution is -0.153. The molecule has 2 unspecified atom stereocenters. The Labute approximate surface area is 145 Å². The first-order valence-electron chi connectivity index (χ1n) is 8.74. The Morgan fingerprint density at radius 3 is 2.62 bits per heavy atom. The molecular formula is C18H28O5S. The number of benzene rings is 1. The van der Waals surface area contributed by atoms with Crippen LogP contribution in [0.2, 0.25) is 0 Å². The summed E-state index contributed by atoms with van der Waals surface area (Å²) in [6, 6.07) is 6.66. The predicted molar refractivity (Wildman–Crippen MR) is 92.3 cm³/mol. The molecule has 1 fully saturated rings. The first-order valence-corrected chi connectivity index (χ1v) is 10.2. The van der Waals surface area contributed by atoms with Crippen molar-refractivity contribution in [2.75, 3.05) is 13.2 Å². The summed E-state index contributed by atoms with van der Waals surface area (Å²) < 4.78 is 41.7. The highest BCUT2D eigenvalue weighted by molar-refractivity contribution is 7.86. The topological polar surface area (TPSA) is 61.8 Å². The van der Waals surface area contributed by atoms with Gasteiger partial charge in [-0.25, -0.2) is 4.18 Å². The fourth-order valence-electron chi connectivity index (χ4n) is 2.63. The molecule has 0 saturated carbocycles. The van der Waals surface area contributed by atoms with Crippen LogP contribution in [0, 0.1) is 6.92 Å². The number of hydrogen-bond donors (Lipinski definition) is 0. The van der Waals surface area contributed by atoms with Crippen molar-refractivity contribution in [1.82, 2.24) is 0 Å². The molecule has 0 radical (unpaired) electrons. The molecule has 0 bridgehead atoms. The van der Waals surface area contributed by atoms with Crippen molar-refractivity contribution in [3.63, 3.8) is 0 Å². The lowest BCUT2D eigenvalue weighted by Crippen LogP contribution is -2.32. The van der Waals surface area contributed by atoms with E-state index in [0.717, 1.165) is 44.3 Å². The maximum atomic E-state index is 12.5. The van der Waals surface area contributed by atoms with Gasteiger partial charge in [0.05, 0.1) is 17.6 Å². The second-order valence-electron chi connectivity index (χ2n) is 6.26. The van der Waals surface area contributed by atoms with Crippen molar-refractivity contribution in [2.24, 2.45) is 0 Å². The summed E-state index contributed by atoms with van der Waals surface area (Å²) in [5, 5.41) is 0. The van der Waals surface area contributed by atoms with Crippen molar-refractivity contribution in [3.8, 4) is 0 Å². The monoisotopic (exact) mass is 356 g/mol. The molecule has 6 heteroatoms. The Balaban J connectivity index is 2.02. The first kappa shape index (κ1) is 19.4. The smallest absolute Gasteiger partial charge is 0.299 e. The lowest BCUT2D eigenvalue weighted by atomic mass is 10.1. The normalized spacial score (nSPS) is 20.0. The van der Waals surface area contributed by atoms with Crippen LogP contribution in [0.15, 0.2) is 29.2 Å². The number of aryl methyl sites for hydroxylation is 1. The zero-order valence-electron chi connectivity index (χ0n) is 14.6. The van der Waals surface area contributed by atoms with Gasteiger partial charge < -0.3 is 9.47 Å². The number of rotatable bonds is 9. The largest absolute Gasteiger partial charge is 0.379 e. The maximum Gasteiger partial charge on any atom is 0.299 e. The third-order valence-corrected chi connectivity index (χ3v) is 5.37. The highest BCUT2D eigenvalue weighted by Crippen LogP contribution is 2.21. The quantitative estimate of drug-likeness (QED) is 0.382. The summed E-state index contributed by atoms with van der Waals surface area (Å²) in [5.74, 6) is 0. The lowest BCUT2D eigenvalue weighted by Gasteiger charge is -2.27. The molecule has 2 atom stereocenters. The molecule has 0 spiro atoms. The molecule has 0 amide bonds. The van der Waals surface area contributed by atoms with Gasteiger partial charge in [-0.15, -0.1) is 0 Å². The SMILES string of the molecule is CCCCCC(OC1CCCOC1)OS(=O)(=O)c1ccc(C)cc1. The molecule has 5 nitrogen and oxygen atoms in total.